The van der Waals surface area contributed by atoms with Crippen LogP contribution in [-0.2, 0) is 0 Å². The van der Waals surface area contributed by atoms with E-state index in [-0.39, 0.29) is 0 Å². The Morgan fingerprint density at radius 1 is 1.82 bits per heavy atom. The average molecular weight is 152 g/mol. The molecule has 0 amide bonds. The van der Waals surface area contributed by atoms with Crippen molar-refractivity contribution in [3.63, 3.8) is 0 Å². The highest BCUT2D eigenvalue weighted by atomic mass is 16.3. The molecule has 1 aliphatic carbocycles. The van der Waals surface area contributed by atoms with Gasteiger partial charge in [0.2, 0.25) is 0 Å². The Morgan fingerprint density at radius 2 is 2.55 bits per heavy atom. The van der Waals surface area contributed by atoms with Gasteiger partial charge in [-0.15, -0.1) is 6.58 Å². The molecule has 0 spiro atoms. The van der Waals surface area contributed by atoms with Crippen molar-refractivity contribution in [3.8, 4) is 0 Å². The van der Waals surface area contributed by atoms with Crippen LogP contribution in [0, 0.1) is 0 Å². The Balaban J connectivity index is 2.68. The summed E-state index contributed by atoms with van der Waals surface area (Å²) < 4.78 is 0. The third kappa shape index (κ3) is 2.19. The standard InChI is InChI=1S/C10H16O/c1-3-6-10(11)7-4-5-9(2)8-10/h3,8,11H,1,4-7H2,2H3. The molecule has 1 heteroatoms. The van der Waals surface area contributed by atoms with Gasteiger partial charge in [0.25, 0.3) is 0 Å². The van der Waals surface area contributed by atoms with Gasteiger partial charge in [0.15, 0.2) is 0 Å². The van der Waals surface area contributed by atoms with Crippen LogP contribution in [0.1, 0.15) is 32.6 Å². The van der Waals surface area contributed by atoms with E-state index in [2.05, 4.69) is 13.5 Å². The molecule has 1 atom stereocenters. The first-order valence-electron chi connectivity index (χ1n) is 4.18. The maximum absolute atomic E-state index is 9.89. The van der Waals surface area contributed by atoms with Gasteiger partial charge in [-0.1, -0.05) is 17.7 Å². The Morgan fingerprint density at radius 3 is 3.09 bits per heavy atom. The second kappa shape index (κ2) is 3.22. The summed E-state index contributed by atoms with van der Waals surface area (Å²) in [6.07, 6.45) is 7.58. The fourth-order valence-corrected chi connectivity index (χ4v) is 1.69. The Bertz CT molecular complexity index is 181. The lowest BCUT2D eigenvalue weighted by atomic mass is 9.85. The molecule has 1 N–H and O–H groups in total. The topological polar surface area (TPSA) is 20.2 Å². The first-order valence-corrected chi connectivity index (χ1v) is 4.18. The lowest BCUT2D eigenvalue weighted by molar-refractivity contribution is 0.0763. The highest BCUT2D eigenvalue weighted by molar-refractivity contribution is 5.14. The van der Waals surface area contributed by atoms with E-state index < -0.39 is 5.60 Å². The highest BCUT2D eigenvalue weighted by Gasteiger charge is 2.24. The van der Waals surface area contributed by atoms with Crippen LogP contribution < -0.4 is 0 Å². The quantitative estimate of drug-likeness (QED) is 0.602. The molecule has 0 saturated heterocycles. The van der Waals surface area contributed by atoms with Crippen molar-refractivity contribution < 1.29 is 5.11 Å². The Hall–Kier alpha value is -0.560. The van der Waals surface area contributed by atoms with Gasteiger partial charge in [-0.3, -0.25) is 0 Å². The largest absolute Gasteiger partial charge is 0.385 e. The van der Waals surface area contributed by atoms with Gasteiger partial charge in [-0.25, -0.2) is 0 Å². The molecular formula is C10H16O. The summed E-state index contributed by atoms with van der Waals surface area (Å²) in [5, 5.41) is 9.89. The van der Waals surface area contributed by atoms with Crippen LogP contribution in [0.15, 0.2) is 24.3 Å². The van der Waals surface area contributed by atoms with E-state index in [1.807, 2.05) is 6.08 Å². The van der Waals surface area contributed by atoms with Crippen LogP contribution in [-0.4, -0.2) is 10.7 Å². The zero-order chi connectivity index (χ0) is 8.32. The number of allylic oxidation sites excluding steroid dienone is 1. The van der Waals surface area contributed by atoms with E-state index >= 15 is 0 Å². The van der Waals surface area contributed by atoms with E-state index in [1.165, 1.54) is 5.57 Å². The van der Waals surface area contributed by atoms with Gasteiger partial charge in [-0.2, -0.15) is 0 Å². The third-order valence-corrected chi connectivity index (χ3v) is 2.19. The number of rotatable bonds is 2. The molecule has 0 radical (unpaired) electrons. The van der Waals surface area contributed by atoms with Gasteiger partial charge in [0.1, 0.15) is 0 Å². The molecule has 0 fully saturated rings. The molecule has 0 aromatic carbocycles. The molecule has 0 aliphatic heterocycles. The summed E-state index contributed by atoms with van der Waals surface area (Å²) in [6, 6.07) is 0. The van der Waals surface area contributed by atoms with E-state index in [9.17, 15) is 5.11 Å². The Labute approximate surface area is 68.4 Å². The first kappa shape index (κ1) is 8.54. The van der Waals surface area contributed by atoms with Crippen molar-refractivity contribution in [2.45, 2.75) is 38.2 Å². The molecule has 11 heavy (non-hydrogen) atoms. The van der Waals surface area contributed by atoms with Gasteiger partial charge >= 0.3 is 0 Å². The fraction of sp³-hybridized carbons (Fsp3) is 0.600. The minimum atomic E-state index is -0.579. The average Bonchev–Trinajstić information content (AvgIpc) is 1.86. The summed E-state index contributed by atoms with van der Waals surface area (Å²) in [6.45, 7) is 5.71. The normalized spacial score (nSPS) is 31.3. The minimum Gasteiger partial charge on any atom is -0.385 e. The molecule has 0 aromatic heterocycles. The molecule has 0 saturated carbocycles. The summed E-state index contributed by atoms with van der Waals surface area (Å²) in [4.78, 5) is 0. The SMILES string of the molecule is C=CCC1(O)C=C(C)CCC1. The van der Waals surface area contributed by atoms with Crippen molar-refractivity contribution >= 4 is 0 Å². The third-order valence-electron chi connectivity index (χ3n) is 2.19. The van der Waals surface area contributed by atoms with Crippen molar-refractivity contribution in [2.75, 3.05) is 0 Å². The van der Waals surface area contributed by atoms with E-state index in [4.69, 9.17) is 0 Å². The highest BCUT2D eigenvalue weighted by Crippen LogP contribution is 2.28. The lowest BCUT2D eigenvalue weighted by Crippen LogP contribution is -2.27. The van der Waals surface area contributed by atoms with Gasteiger partial charge < -0.3 is 5.11 Å². The molecule has 1 nitrogen and oxygen atoms in total. The Kier molecular flexibility index (Phi) is 2.50. The summed E-state index contributed by atoms with van der Waals surface area (Å²) in [7, 11) is 0. The zero-order valence-corrected chi connectivity index (χ0v) is 7.14. The van der Waals surface area contributed by atoms with Crippen LogP contribution in [0.2, 0.25) is 0 Å². The molecule has 1 rings (SSSR count). The van der Waals surface area contributed by atoms with Crippen molar-refractivity contribution in [1.82, 2.24) is 0 Å². The second-order valence-electron chi connectivity index (χ2n) is 3.44. The van der Waals surface area contributed by atoms with Crippen molar-refractivity contribution in [1.29, 1.82) is 0 Å². The minimum absolute atomic E-state index is 0.579. The molecule has 1 aliphatic rings. The van der Waals surface area contributed by atoms with Gasteiger partial charge in [0, 0.05) is 0 Å². The van der Waals surface area contributed by atoms with Crippen LogP contribution >= 0.6 is 0 Å². The van der Waals surface area contributed by atoms with E-state index in [0.29, 0.717) is 6.42 Å². The first-order chi connectivity index (χ1) is 5.16. The molecular weight excluding hydrogens is 136 g/mol. The summed E-state index contributed by atoms with van der Waals surface area (Å²) >= 11 is 0. The van der Waals surface area contributed by atoms with Crippen LogP contribution in [0.4, 0.5) is 0 Å². The predicted molar refractivity (Wildman–Crippen MR) is 47.4 cm³/mol. The van der Waals surface area contributed by atoms with Crippen LogP contribution in [0.5, 0.6) is 0 Å². The smallest absolute Gasteiger partial charge is 0.0864 e. The molecule has 0 heterocycles. The predicted octanol–water partition coefficient (Wildman–Crippen LogP) is 2.42. The fourth-order valence-electron chi connectivity index (χ4n) is 1.69. The van der Waals surface area contributed by atoms with Crippen LogP contribution in [0.3, 0.4) is 0 Å². The van der Waals surface area contributed by atoms with Gasteiger partial charge in [0.05, 0.1) is 5.60 Å². The zero-order valence-electron chi connectivity index (χ0n) is 7.14. The number of hydrogen-bond donors (Lipinski definition) is 1. The maximum atomic E-state index is 9.89. The second-order valence-corrected chi connectivity index (χ2v) is 3.44. The molecule has 0 aromatic rings. The van der Waals surface area contributed by atoms with Gasteiger partial charge in [-0.05, 0) is 32.6 Å². The van der Waals surface area contributed by atoms with Crippen molar-refractivity contribution in [3.05, 3.63) is 24.3 Å². The number of hydrogen-bond acceptors (Lipinski definition) is 1. The summed E-state index contributed by atoms with van der Waals surface area (Å²) in [5.74, 6) is 0. The molecule has 62 valence electrons. The van der Waals surface area contributed by atoms with E-state index in [1.54, 1.807) is 6.08 Å². The number of aliphatic hydroxyl groups is 1. The maximum Gasteiger partial charge on any atom is 0.0864 e. The van der Waals surface area contributed by atoms with Crippen LogP contribution in [0.25, 0.3) is 0 Å². The monoisotopic (exact) mass is 152 g/mol. The lowest BCUT2D eigenvalue weighted by Gasteiger charge is -2.28. The molecule has 1 unspecified atom stereocenters. The van der Waals surface area contributed by atoms with Crippen molar-refractivity contribution in [2.24, 2.45) is 0 Å². The summed E-state index contributed by atoms with van der Waals surface area (Å²) in [5.41, 5.74) is 0.727. The molecule has 0 bridgehead atoms. The van der Waals surface area contributed by atoms with E-state index in [0.717, 1.165) is 19.3 Å².